The lowest BCUT2D eigenvalue weighted by atomic mass is 10.1. The number of nitrogens with one attached hydrogen (secondary N) is 1. The predicted molar refractivity (Wildman–Crippen MR) is 97.7 cm³/mol. The standard InChI is InChI=1S/C19H29N3O3/c1-14-12-22(8-9-24-14)19(23)20-18-7-5-4-6-17(18)13-21-10-15(2)25-16(3)11-21/h4-7,14-16H,8-13H2,1-3H3,(H,20,23). The second-order valence-electron chi connectivity index (χ2n) is 7.17. The molecule has 3 unspecified atom stereocenters. The van der Waals surface area contributed by atoms with Crippen LogP contribution >= 0.6 is 0 Å². The summed E-state index contributed by atoms with van der Waals surface area (Å²) in [6, 6.07) is 8.00. The van der Waals surface area contributed by atoms with Gasteiger partial charge in [0.1, 0.15) is 0 Å². The molecule has 6 nitrogen and oxygen atoms in total. The lowest BCUT2D eigenvalue weighted by Crippen LogP contribution is -2.46. The maximum absolute atomic E-state index is 12.6. The summed E-state index contributed by atoms with van der Waals surface area (Å²) < 4.78 is 11.3. The molecule has 0 aliphatic carbocycles. The summed E-state index contributed by atoms with van der Waals surface area (Å²) in [5.41, 5.74) is 2.02. The summed E-state index contributed by atoms with van der Waals surface area (Å²) in [5.74, 6) is 0. The van der Waals surface area contributed by atoms with Gasteiger partial charge in [0.05, 0.1) is 24.9 Å². The Balaban J connectivity index is 1.65. The van der Waals surface area contributed by atoms with Crippen molar-refractivity contribution in [3.8, 4) is 0 Å². The Hall–Kier alpha value is -1.63. The van der Waals surface area contributed by atoms with Gasteiger partial charge in [0, 0.05) is 38.4 Å². The Morgan fingerprint density at radius 3 is 2.56 bits per heavy atom. The minimum atomic E-state index is -0.0497. The fourth-order valence-corrected chi connectivity index (χ4v) is 3.63. The third-order valence-corrected chi connectivity index (χ3v) is 4.68. The molecule has 3 rings (SSSR count). The van der Waals surface area contributed by atoms with Crippen LogP contribution in [0.2, 0.25) is 0 Å². The van der Waals surface area contributed by atoms with E-state index in [0.29, 0.717) is 19.7 Å². The van der Waals surface area contributed by atoms with E-state index in [1.165, 1.54) is 0 Å². The highest BCUT2D eigenvalue weighted by molar-refractivity contribution is 5.90. The van der Waals surface area contributed by atoms with Crippen LogP contribution in [0.15, 0.2) is 24.3 Å². The van der Waals surface area contributed by atoms with Crippen LogP contribution in [0, 0.1) is 0 Å². The molecule has 6 heteroatoms. The monoisotopic (exact) mass is 347 g/mol. The zero-order valence-corrected chi connectivity index (χ0v) is 15.4. The number of amides is 2. The van der Waals surface area contributed by atoms with Gasteiger partial charge in [0.25, 0.3) is 0 Å². The third-order valence-electron chi connectivity index (χ3n) is 4.68. The van der Waals surface area contributed by atoms with E-state index in [0.717, 1.165) is 30.9 Å². The van der Waals surface area contributed by atoms with Gasteiger partial charge in [-0.1, -0.05) is 18.2 Å². The highest BCUT2D eigenvalue weighted by Gasteiger charge is 2.24. The van der Waals surface area contributed by atoms with E-state index in [4.69, 9.17) is 9.47 Å². The first kappa shape index (κ1) is 18.2. The van der Waals surface area contributed by atoms with E-state index in [1.54, 1.807) is 0 Å². The van der Waals surface area contributed by atoms with Gasteiger partial charge in [-0.3, -0.25) is 4.90 Å². The van der Waals surface area contributed by atoms with Gasteiger partial charge in [0.2, 0.25) is 0 Å². The number of carbonyl (C=O) groups is 1. The Kier molecular flexibility index (Phi) is 5.93. The van der Waals surface area contributed by atoms with Crippen LogP contribution < -0.4 is 5.32 Å². The largest absolute Gasteiger partial charge is 0.375 e. The highest BCUT2D eigenvalue weighted by Crippen LogP contribution is 2.21. The summed E-state index contributed by atoms with van der Waals surface area (Å²) in [4.78, 5) is 16.8. The predicted octanol–water partition coefficient (Wildman–Crippen LogP) is 2.55. The fourth-order valence-electron chi connectivity index (χ4n) is 3.63. The minimum absolute atomic E-state index is 0.0497. The van der Waals surface area contributed by atoms with Crippen molar-refractivity contribution in [1.82, 2.24) is 9.80 Å². The molecule has 2 heterocycles. The molecular formula is C19H29N3O3. The third kappa shape index (κ3) is 4.93. The van der Waals surface area contributed by atoms with Crippen molar-refractivity contribution in [3.63, 3.8) is 0 Å². The molecule has 2 fully saturated rings. The molecule has 1 N–H and O–H groups in total. The van der Waals surface area contributed by atoms with Crippen molar-refractivity contribution in [2.45, 2.75) is 45.6 Å². The lowest BCUT2D eigenvalue weighted by molar-refractivity contribution is -0.0704. The number of morpholine rings is 2. The van der Waals surface area contributed by atoms with Gasteiger partial charge in [-0.15, -0.1) is 0 Å². The topological polar surface area (TPSA) is 54.0 Å². The zero-order chi connectivity index (χ0) is 17.8. The van der Waals surface area contributed by atoms with Gasteiger partial charge in [-0.25, -0.2) is 4.79 Å². The van der Waals surface area contributed by atoms with Crippen molar-refractivity contribution in [3.05, 3.63) is 29.8 Å². The molecular weight excluding hydrogens is 318 g/mol. The number of rotatable bonds is 3. The van der Waals surface area contributed by atoms with Crippen molar-refractivity contribution in [2.75, 3.05) is 38.1 Å². The van der Waals surface area contributed by atoms with Crippen molar-refractivity contribution >= 4 is 11.7 Å². The maximum atomic E-state index is 12.6. The normalized spacial score (nSPS) is 28.0. The number of urea groups is 1. The molecule has 1 aromatic rings. The smallest absolute Gasteiger partial charge is 0.322 e. The average Bonchev–Trinajstić information content (AvgIpc) is 2.55. The van der Waals surface area contributed by atoms with E-state index >= 15 is 0 Å². The van der Waals surface area contributed by atoms with E-state index in [2.05, 4.69) is 30.1 Å². The highest BCUT2D eigenvalue weighted by atomic mass is 16.5. The molecule has 2 aliphatic rings. The first-order valence-electron chi connectivity index (χ1n) is 9.14. The second-order valence-corrected chi connectivity index (χ2v) is 7.17. The van der Waals surface area contributed by atoms with E-state index in [1.807, 2.05) is 30.0 Å². The van der Waals surface area contributed by atoms with Crippen molar-refractivity contribution in [2.24, 2.45) is 0 Å². The quantitative estimate of drug-likeness (QED) is 0.913. The number of anilines is 1. The molecule has 0 bridgehead atoms. The van der Waals surface area contributed by atoms with Gasteiger partial charge in [-0.05, 0) is 32.4 Å². The molecule has 138 valence electrons. The number of carbonyl (C=O) groups excluding carboxylic acids is 1. The van der Waals surface area contributed by atoms with E-state index in [9.17, 15) is 4.79 Å². The van der Waals surface area contributed by atoms with Gasteiger partial charge < -0.3 is 19.7 Å². The zero-order valence-electron chi connectivity index (χ0n) is 15.4. The Morgan fingerprint density at radius 2 is 1.84 bits per heavy atom. The van der Waals surface area contributed by atoms with Crippen LogP contribution in [0.25, 0.3) is 0 Å². The lowest BCUT2D eigenvalue weighted by Gasteiger charge is -2.35. The molecule has 2 amide bonds. The van der Waals surface area contributed by atoms with E-state index < -0.39 is 0 Å². The van der Waals surface area contributed by atoms with Crippen LogP contribution in [0.5, 0.6) is 0 Å². The van der Waals surface area contributed by atoms with Gasteiger partial charge in [-0.2, -0.15) is 0 Å². The number of hydrogen-bond acceptors (Lipinski definition) is 4. The number of ether oxygens (including phenoxy) is 2. The van der Waals surface area contributed by atoms with Gasteiger partial charge in [0.15, 0.2) is 0 Å². The average molecular weight is 347 g/mol. The van der Waals surface area contributed by atoms with Crippen LogP contribution in [0.3, 0.4) is 0 Å². The summed E-state index contributed by atoms with van der Waals surface area (Å²) in [7, 11) is 0. The molecule has 0 saturated carbocycles. The minimum Gasteiger partial charge on any atom is -0.375 e. The molecule has 0 spiro atoms. The Bertz CT molecular complexity index is 585. The number of hydrogen-bond donors (Lipinski definition) is 1. The molecule has 2 saturated heterocycles. The van der Waals surface area contributed by atoms with Crippen LogP contribution in [-0.2, 0) is 16.0 Å². The molecule has 1 aromatic carbocycles. The summed E-state index contributed by atoms with van der Waals surface area (Å²) >= 11 is 0. The van der Waals surface area contributed by atoms with Crippen LogP contribution in [0.1, 0.15) is 26.3 Å². The summed E-state index contributed by atoms with van der Waals surface area (Å²) in [6.07, 6.45) is 0.562. The Morgan fingerprint density at radius 1 is 1.12 bits per heavy atom. The van der Waals surface area contributed by atoms with Crippen molar-refractivity contribution < 1.29 is 14.3 Å². The Labute approximate surface area is 150 Å². The molecule has 2 aliphatic heterocycles. The number of nitrogens with zero attached hydrogens (tertiary/aromatic N) is 2. The number of benzene rings is 1. The maximum Gasteiger partial charge on any atom is 0.322 e. The molecule has 0 aromatic heterocycles. The number of para-hydroxylation sites is 1. The van der Waals surface area contributed by atoms with Crippen molar-refractivity contribution in [1.29, 1.82) is 0 Å². The fraction of sp³-hybridized carbons (Fsp3) is 0.632. The molecule has 25 heavy (non-hydrogen) atoms. The van der Waals surface area contributed by atoms with E-state index in [-0.39, 0.29) is 24.3 Å². The first-order valence-corrected chi connectivity index (χ1v) is 9.14. The SMILES string of the molecule is CC1CN(C(=O)Nc2ccccc2CN2CC(C)OC(C)C2)CCO1. The summed E-state index contributed by atoms with van der Waals surface area (Å²) in [5, 5.41) is 3.09. The first-order chi connectivity index (χ1) is 12.0. The molecule has 3 atom stereocenters. The molecule has 0 radical (unpaired) electrons. The van der Waals surface area contributed by atoms with Gasteiger partial charge >= 0.3 is 6.03 Å². The van der Waals surface area contributed by atoms with Crippen LogP contribution in [-0.4, -0.2) is 66.9 Å². The summed E-state index contributed by atoms with van der Waals surface area (Å²) in [6.45, 7) is 10.7. The second kappa shape index (κ2) is 8.17. The van der Waals surface area contributed by atoms with Crippen LogP contribution in [0.4, 0.5) is 10.5 Å².